The third-order valence-electron chi connectivity index (χ3n) is 5.78. The fourth-order valence-electron chi connectivity index (χ4n) is 3.61. The highest BCUT2D eigenvalue weighted by Gasteiger charge is 2.35. The van der Waals surface area contributed by atoms with Crippen LogP contribution in [0, 0.1) is 17.0 Å². The Morgan fingerprint density at radius 3 is 2.42 bits per heavy atom. The molecule has 43 heavy (non-hydrogen) atoms. The zero-order valence-electron chi connectivity index (χ0n) is 23.1. The fraction of sp³-hybridized carbons (Fsp3) is 0.310. The van der Waals surface area contributed by atoms with Crippen LogP contribution in [0.3, 0.4) is 0 Å². The predicted molar refractivity (Wildman–Crippen MR) is 150 cm³/mol. The molecule has 1 aromatic heterocycles. The van der Waals surface area contributed by atoms with E-state index in [2.05, 4.69) is 21.6 Å². The Morgan fingerprint density at radius 1 is 0.977 bits per heavy atom. The normalized spacial score (nSPS) is 11.0. The number of carbonyl (C=O) groups is 2. The highest BCUT2D eigenvalue weighted by atomic mass is 32.2. The average Bonchev–Trinajstić information content (AvgIpc) is 3.40. The van der Waals surface area contributed by atoms with Gasteiger partial charge in [0.05, 0.1) is 16.7 Å². The summed E-state index contributed by atoms with van der Waals surface area (Å²) in [4.78, 5) is 22.5. The Morgan fingerprint density at radius 2 is 1.67 bits per heavy atom. The summed E-state index contributed by atoms with van der Waals surface area (Å²) in [7, 11) is -4.24. The lowest BCUT2D eigenvalue weighted by Crippen LogP contribution is -2.30. The Kier molecular flexibility index (Phi) is 13.0. The molecule has 0 spiro atoms. The summed E-state index contributed by atoms with van der Waals surface area (Å²) in [6, 6.07) is 14.5. The van der Waals surface area contributed by atoms with Crippen molar-refractivity contribution >= 4 is 27.8 Å². The number of esters is 1. The van der Waals surface area contributed by atoms with E-state index in [1.807, 2.05) is 0 Å². The zero-order valence-corrected chi connectivity index (χ0v) is 24.0. The molecule has 14 heteroatoms. The van der Waals surface area contributed by atoms with E-state index in [4.69, 9.17) is 19.4 Å². The number of hydroxylamine groups is 1. The van der Waals surface area contributed by atoms with Crippen molar-refractivity contribution in [2.75, 3.05) is 19.8 Å². The molecule has 1 heterocycles. The van der Waals surface area contributed by atoms with E-state index < -0.39 is 26.7 Å². The van der Waals surface area contributed by atoms with E-state index in [-0.39, 0.29) is 28.9 Å². The number of nitrogens with one attached hydrogen (secondary N) is 1. The van der Waals surface area contributed by atoms with Gasteiger partial charge in [-0.2, -0.15) is 0 Å². The van der Waals surface area contributed by atoms with Crippen molar-refractivity contribution in [3.8, 4) is 23.5 Å². The highest BCUT2D eigenvalue weighted by molar-refractivity contribution is 7.91. The van der Waals surface area contributed by atoms with Gasteiger partial charge in [0.25, 0.3) is 9.84 Å². The Labute approximate surface area is 248 Å². The molecule has 0 fully saturated rings. The van der Waals surface area contributed by atoms with Crippen LogP contribution in [-0.2, 0) is 24.2 Å². The lowest BCUT2D eigenvalue weighted by atomic mass is 10.1. The number of amides is 1. The van der Waals surface area contributed by atoms with Crippen molar-refractivity contribution < 1.29 is 47.0 Å². The van der Waals surface area contributed by atoms with E-state index in [0.29, 0.717) is 18.8 Å². The van der Waals surface area contributed by atoms with Gasteiger partial charge in [-0.3, -0.25) is 14.6 Å². The van der Waals surface area contributed by atoms with Gasteiger partial charge in [0.15, 0.2) is 13.2 Å². The molecule has 0 aliphatic carbocycles. The number of sulfone groups is 1. The Balaban J connectivity index is 1.33. The topological polar surface area (TPSA) is 181 Å². The van der Waals surface area contributed by atoms with Crippen LogP contribution in [0.25, 0.3) is 6.08 Å². The van der Waals surface area contributed by atoms with Gasteiger partial charge in [-0.05, 0) is 53.6 Å². The Bertz CT molecular complexity index is 1530. The quantitative estimate of drug-likeness (QED) is 0.0461. The molecule has 228 valence electrons. The molecule has 0 bridgehead atoms. The molecule has 13 nitrogen and oxygen atoms in total. The molecular formula is C29H31N3O10S. The van der Waals surface area contributed by atoms with Crippen LogP contribution < -0.4 is 19.9 Å². The lowest BCUT2D eigenvalue weighted by Gasteiger charge is -2.06. The van der Waals surface area contributed by atoms with Gasteiger partial charge >= 0.3 is 16.9 Å². The van der Waals surface area contributed by atoms with Crippen LogP contribution in [0.1, 0.15) is 44.1 Å². The first-order valence-electron chi connectivity index (χ1n) is 13.3. The van der Waals surface area contributed by atoms with Crippen molar-refractivity contribution in [2.24, 2.45) is 0 Å². The third-order valence-corrected chi connectivity index (χ3v) is 7.51. The van der Waals surface area contributed by atoms with Crippen molar-refractivity contribution in [1.82, 2.24) is 10.6 Å². The summed E-state index contributed by atoms with van der Waals surface area (Å²) < 4.78 is 45.7. The van der Waals surface area contributed by atoms with Gasteiger partial charge in [0.2, 0.25) is 5.91 Å². The number of carbonyl (C=O) groups excluding carboxylic acids is 2. The second kappa shape index (κ2) is 17.2. The molecule has 0 radical (unpaired) electrons. The smallest absolute Gasteiger partial charge is 0.415 e. The van der Waals surface area contributed by atoms with E-state index in [0.717, 1.165) is 37.7 Å². The number of ether oxygens (including phenoxy) is 3. The van der Waals surface area contributed by atoms with Crippen LogP contribution >= 0.6 is 0 Å². The lowest BCUT2D eigenvalue weighted by molar-refractivity contribution is -0.832. The van der Waals surface area contributed by atoms with E-state index in [1.54, 1.807) is 41.9 Å². The maximum absolute atomic E-state index is 12.7. The summed E-state index contributed by atoms with van der Waals surface area (Å²) in [5.74, 6) is 4.27. The van der Waals surface area contributed by atoms with Gasteiger partial charge in [-0.25, -0.2) is 18.7 Å². The van der Waals surface area contributed by atoms with Crippen molar-refractivity contribution in [1.29, 1.82) is 0 Å². The number of hydrogen-bond acceptors (Lipinski definition) is 11. The molecule has 3 rings (SSSR count). The van der Waals surface area contributed by atoms with E-state index in [1.165, 1.54) is 30.3 Å². The first kappa shape index (κ1) is 32.6. The maximum atomic E-state index is 12.7. The second-order valence-electron chi connectivity index (χ2n) is 8.91. The summed E-state index contributed by atoms with van der Waals surface area (Å²) in [5, 5.41) is 22.9. The summed E-state index contributed by atoms with van der Waals surface area (Å²) >= 11 is 0. The highest BCUT2D eigenvalue weighted by Crippen LogP contribution is 2.24. The first-order chi connectivity index (χ1) is 20.8. The van der Waals surface area contributed by atoms with Gasteiger partial charge in [-0.15, -0.1) is 0 Å². The first-order valence-corrected chi connectivity index (χ1v) is 14.8. The van der Waals surface area contributed by atoms with E-state index >= 15 is 0 Å². The average molecular weight is 614 g/mol. The third kappa shape index (κ3) is 10.8. The molecule has 1 amide bonds. The summed E-state index contributed by atoms with van der Waals surface area (Å²) in [6.45, 7) is -0.0140. The predicted octanol–water partition coefficient (Wildman–Crippen LogP) is 3.00. The number of aromatic nitrogens is 2. The molecule has 0 aliphatic heterocycles. The minimum Gasteiger partial charge on any atom is -0.494 e. The fourth-order valence-corrected chi connectivity index (χ4v) is 4.90. The van der Waals surface area contributed by atoms with Crippen LogP contribution in [0.5, 0.6) is 11.6 Å². The van der Waals surface area contributed by atoms with Gasteiger partial charge in [0, 0.05) is 12.5 Å². The molecule has 2 aromatic carbocycles. The van der Waals surface area contributed by atoms with Crippen LogP contribution in [0.15, 0.2) is 75.2 Å². The summed E-state index contributed by atoms with van der Waals surface area (Å²) in [5.41, 5.74) is 2.38. The second-order valence-corrected chi connectivity index (χ2v) is 10.8. The molecule has 0 atom stereocenters. The maximum Gasteiger partial charge on any atom is 0.415 e. The summed E-state index contributed by atoms with van der Waals surface area (Å²) in [6.07, 6.45) is 7.64. The molecule has 0 saturated carbocycles. The zero-order chi connectivity index (χ0) is 30.9. The number of rotatable bonds is 16. The van der Waals surface area contributed by atoms with Crippen molar-refractivity contribution in [3.63, 3.8) is 0 Å². The van der Waals surface area contributed by atoms with Crippen LogP contribution in [0.2, 0.25) is 0 Å². The molecule has 3 aromatic rings. The molecule has 0 unspecified atom stereocenters. The van der Waals surface area contributed by atoms with Crippen LogP contribution in [0.4, 0.5) is 0 Å². The standard InChI is InChI=1S/C29H31N3O10S/c33-26(30-35)13-7-2-1-3-8-20-39-24-17-14-23(15-18-24)16-19-27(34)40-21-9-10-22-41-28-29(32(36)42-31-28)43(37,38)25-11-5-4-6-12-25/h4-6,11-12,14-19,35H,1-3,7-8,13,20-22H2,(H,30,33). The minimum atomic E-state index is -4.24. The number of unbranched alkanes of at least 4 members (excludes halogenated alkanes) is 4. The van der Waals surface area contributed by atoms with Crippen LogP contribution in [-0.4, -0.2) is 50.5 Å². The van der Waals surface area contributed by atoms with Gasteiger partial charge < -0.3 is 19.4 Å². The molecule has 2 N–H and O–H groups in total. The van der Waals surface area contributed by atoms with E-state index in [9.17, 15) is 23.2 Å². The minimum absolute atomic E-state index is 0.132. The number of hydrogen-bond donors (Lipinski definition) is 2. The number of benzene rings is 2. The van der Waals surface area contributed by atoms with Crippen molar-refractivity contribution in [2.45, 2.75) is 48.4 Å². The molecule has 0 saturated heterocycles. The van der Waals surface area contributed by atoms with Gasteiger partial charge in [0.1, 0.15) is 5.75 Å². The molecular weight excluding hydrogens is 582 g/mol. The Hall–Kier alpha value is -4.87. The monoisotopic (exact) mass is 613 g/mol. The molecule has 0 aliphatic rings. The largest absolute Gasteiger partial charge is 0.494 e. The number of nitrogens with zero attached hydrogens (tertiary/aromatic N) is 2. The van der Waals surface area contributed by atoms with Gasteiger partial charge in [-0.1, -0.05) is 61.4 Å². The SMILES string of the molecule is O=C(CCCCCCCOc1ccc(C=CC(=O)OCC#CCOc2no[n+]([O-])c2S(=O)(=O)c2ccccc2)cc1)NO. The van der Waals surface area contributed by atoms with Crippen molar-refractivity contribution in [3.05, 3.63) is 71.4 Å².